The van der Waals surface area contributed by atoms with E-state index >= 15 is 0 Å². The molecule has 1 aliphatic heterocycles. The monoisotopic (exact) mass is 318 g/mol. The van der Waals surface area contributed by atoms with Crippen molar-refractivity contribution in [1.82, 2.24) is 10.2 Å². The largest absolute Gasteiger partial charge is 0.446 e. The minimum absolute atomic E-state index is 0.0491. The van der Waals surface area contributed by atoms with Crippen LogP contribution in [0.15, 0.2) is 24.3 Å². The molecule has 1 amide bonds. The predicted molar refractivity (Wildman–Crippen MR) is 93.7 cm³/mol. The van der Waals surface area contributed by atoms with E-state index in [2.05, 4.69) is 41.4 Å². The molecule has 1 fully saturated rings. The number of nitrogens with zero attached hydrogens (tertiary/aromatic N) is 1. The van der Waals surface area contributed by atoms with Gasteiger partial charge in [0.05, 0.1) is 0 Å². The van der Waals surface area contributed by atoms with Crippen molar-refractivity contribution in [2.24, 2.45) is 0 Å². The summed E-state index contributed by atoms with van der Waals surface area (Å²) >= 11 is 0. The number of aryl methyl sites for hydroxylation is 1. The lowest BCUT2D eigenvalue weighted by atomic mass is 10.1. The van der Waals surface area contributed by atoms with Gasteiger partial charge in [-0.05, 0) is 52.5 Å². The van der Waals surface area contributed by atoms with Gasteiger partial charge in [-0.1, -0.05) is 29.8 Å². The molecule has 0 aliphatic carbocycles. The number of carbonyl (C=O) groups is 1. The molecule has 23 heavy (non-hydrogen) atoms. The lowest BCUT2D eigenvalue weighted by Crippen LogP contribution is -2.44. The standard InChI is InChI=1S/C19H30N2O2/c1-15-5-7-16(8-6-15)9-12-21-13-10-17(11-14-21)23-18(22)20-19(2,3)4/h5-8,17H,9-14H2,1-4H3,(H,20,22). The molecule has 0 atom stereocenters. The highest BCUT2D eigenvalue weighted by Crippen LogP contribution is 2.15. The summed E-state index contributed by atoms with van der Waals surface area (Å²) in [6, 6.07) is 8.76. The van der Waals surface area contributed by atoms with Crippen molar-refractivity contribution < 1.29 is 9.53 Å². The molecule has 4 heteroatoms. The zero-order chi connectivity index (χ0) is 16.9. The number of carbonyl (C=O) groups excluding carboxylic acids is 1. The summed E-state index contributed by atoms with van der Waals surface area (Å²) in [7, 11) is 0. The van der Waals surface area contributed by atoms with Gasteiger partial charge >= 0.3 is 6.09 Å². The quantitative estimate of drug-likeness (QED) is 0.923. The molecule has 0 unspecified atom stereocenters. The number of hydrogen-bond donors (Lipinski definition) is 1. The van der Waals surface area contributed by atoms with Gasteiger partial charge in [0.2, 0.25) is 0 Å². The van der Waals surface area contributed by atoms with Crippen LogP contribution in [0.3, 0.4) is 0 Å². The number of benzene rings is 1. The minimum Gasteiger partial charge on any atom is -0.446 e. The summed E-state index contributed by atoms with van der Waals surface area (Å²) in [5, 5.41) is 2.85. The van der Waals surface area contributed by atoms with Crippen LogP contribution in [0.1, 0.15) is 44.7 Å². The van der Waals surface area contributed by atoms with Crippen LogP contribution >= 0.6 is 0 Å². The third kappa shape index (κ3) is 6.61. The summed E-state index contributed by atoms with van der Waals surface area (Å²) in [6.45, 7) is 11.1. The number of alkyl carbamates (subject to hydrolysis) is 1. The van der Waals surface area contributed by atoms with Gasteiger partial charge in [0.25, 0.3) is 0 Å². The Morgan fingerprint density at radius 2 is 1.83 bits per heavy atom. The highest BCUT2D eigenvalue weighted by Gasteiger charge is 2.23. The molecule has 1 saturated heterocycles. The van der Waals surface area contributed by atoms with Gasteiger partial charge < -0.3 is 15.0 Å². The maximum absolute atomic E-state index is 11.8. The SMILES string of the molecule is Cc1ccc(CCN2CCC(OC(=O)NC(C)(C)C)CC2)cc1. The van der Waals surface area contributed by atoms with Crippen LogP contribution in [-0.2, 0) is 11.2 Å². The summed E-state index contributed by atoms with van der Waals surface area (Å²) in [5.74, 6) is 0. The first kappa shape index (κ1) is 17.8. The van der Waals surface area contributed by atoms with E-state index in [1.807, 2.05) is 20.8 Å². The van der Waals surface area contributed by atoms with Crippen LogP contribution in [-0.4, -0.2) is 42.3 Å². The van der Waals surface area contributed by atoms with Crippen molar-refractivity contribution >= 4 is 6.09 Å². The normalized spacial score (nSPS) is 17.0. The zero-order valence-corrected chi connectivity index (χ0v) is 14.9. The fourth-order valence-electron chi connectivity index (χ4n) is 2.78. The number of rotatable bonds is 4. The number of piperidine rings is 1. The zero-order valence-electron chi connectivity index (χ0n) is 14.9. The van der Waals surface area contributed by atoms with Gasteiger partial charge in [-0.25, -0.2) is 4.79 Å². The van der Waals surface area contributed by atoms with E-state index in [4.69, 9.17) is 4.74 Å². The van der Waals surface area contributed by atoms with Gasteiger partial charge in [-0.15, -0.1) is 0 Å². The molecule has 4 nitrogen and oxygen atoms in total. The van der Waals surface area contributed by atoms with Crippen molar-refractivity contribution in [3.63, 3.8) is 0 Å². The molecule has 1 aromatic rings. The van der Waals surface area contributed by atoms with Crippen LogP contribution in [0.5, 0.6) is 0 Å². The Labute approximate surface area is 140 Å². The van der Waals surface area contributed by atoms with Crippen molar-refractivity contribution in [1.29, 1.82) is 0 Å². The van der Waals surface area contributed by atoms with E-state index in [1.165, 1.54) is 11.1 Å². The van der Waals surface area contributed by atoms with Gasteiger partial charge in [-0.3, -0.25) is 0 Å². The van der Waals surface area contributed by atoms with E-state index in [1.54, 1.807) is 0 Å². The molecule has 128 valence electrons. The fourth-order valence-corrected chi connectivity index (χ4v) is 2.78. The van der Waals surface area contributed by atoms with Gasteiger partial charge in [0.1, 0.15) is 6.10 Å². The molecule has 0 aromatic heterocycles. The Kier molecular flexibility index (Phi) is 6.05. The van der Waals surface area contributed by atoms with Gasteiger partial charge in [-0.2, -0.15) is 0 Å². The van der Waals surface area contributed by atoms with Crippen molar-refractivity contribution in [3.05, 3.63) is 35.4 Å². The number of ether oxygens (including phenoxy) is 1. The van der Waals surface area contributed by atoms with Crippen LogP contribution in [0.4, 0.5) is 4.79 Å². The van der Waals surface area contributed by atoms with Crippen molar-refractivity contribution in [3.8, 4) is 0 Å². The topological polar surface area (TPSA) is 41.6 Å². The summed E-state index contributed by atoms with van der Waals surface area (Å²) < 4.78 is 5.51. The number of hydrogen-bond acceptors (Lipinski definition) is 3. The average Bonchev–Trinajstić information content (AvgIpc) is 2.46. The van der Waals surface area contributed by atoms with E-state index in [0.717, 1.165) is 38.9 Å². The highest BCUT2D eigenvalue weighted by molar-refractivity contribution is 5.68. The van der Waals surface area contributed by atoms with E-state index in [9.17, 15) is 4.79 Å². The first-order valence-corrected chi connectivity index (χ1v) is 8.58. The number of nitrogens with one attached hydrogen (secondary N) is 1. The Bertz CT molecular complexity index is 497. The van der Waals surface area contributed by atoms with Gasteiger partial charge in [0, 0.05) is 25.2 Å². The Balaban J connectivity index is 1.67. The second kappa shape index (κ2) is 7.82. The molecule has 1 N–H and O–H groups in total. The molecular weight excluding hydrogens is 288 g/mol. The first-order valence-electron chi connectivity index (χ1n) is 8.58. The Morgan fingerprint density at radius 1 is 1.22 bits per heavy atom. The summed E-state index contributed by atoms with van der Waals surface area (Å²) in [6.07, 6.45) is 2.68. The Morgan fingerprint density at radius 3 is 2.39 bits per heavy atom. The lowest BCUT2D eigenvalue weighted by Gasteiger charge is -2.32. The Hall–Kier alpha value is -1.55. The lowest BCUT2D eigenvalue weighted by molar-refractivity contribution is 0.0475. The molecule has 0 radical (unpaired) electrons. The molecule has 1 heterocycles. The number of likely N-dealkylation sites (tertiary alicyclic amines) is 1. The molecule has 0 bridgehead atoms. The van der Waals surface area contributed by atoms with Crippen LogP contribution in [0.2, 0.25) is 0 Å². The molecule has 2 rings (SSSR count). The molecule has 1 aliphatic rings. The van der Waals surface area contributed by atoms with E-state index in [-0.39, 0.29) is 17.7 Å². The third-order valence-corrected chi connectivity index (χ3v) is 4.12. The predicted octanol–water partition coefficient (Wildman–Crippen LogP) is 3.53. The van der Waals surface area contributed by atoms with Crippen molar-refractivity contribution in [2.45, 2.75) is 58.6 Å². The average molecular weight is 318 g/mol. The van der Waals surface area contributed by atoms with Crippen LogP contribution < -0.4 is 5.32 Å². The van der Waals surface area contributed by atoms with Crippen LogP contribution in [0, 0.1) is 6.92 Å². The fraction of sp³-hybridized carbons (Fsp3) is 0.632. The first-order chi connectivity index (χ1) is 10.8. The smallest absolute Gasteiger partial charge is 0.407 e. The third-order valence-electron chi connectivity index (χ3n) is 4.12. The van der Waals surface area contributed by atoms with E-state index in [0.29, 0.717) is 0 Å². The molecule has 0 spiro atoms. The summed E-state index contributed by atoms with van der Waals surface area (Å²) in [4.78, 5) is 14.3. The highest BCUT2D eigenvalue weighted by atomic mass is 16.6. The minimum atomic E-state index is -0.296. The molecular formula is C19H30N2O2. The maximum atomic E-state index is 11.8. The van der Waals surface area contributed by atoms with E-state index < -0.39 is 0 Å². The molecule has 0 saturated carbocycles. The number of amides is 1. The maximum Gasteiger partial charge on any atom is 0.407 e. The second-order valence-corrected chi connectivity index (χ2v) is 7.56. The van der Waals surface area contributed by atoms with Crippen LogP contribution in [0.25, 0.3) is 0 Å². The van der Waals surface area contributed by atoms with Crippen molar-refractivity contribution in [2.75, 3.05) is 19.6 Å². The summed E-state index contributed by atoms with van der Waals surface area (Å²) in [5.41, 5.74) is 2.45. The second-order valence-electron chi connectivity index (χ2n) is 7.56. The van der Waals surface area contributed by atoms with Gasteiger partial charge in [0.15, 0.2) is 0 Å². The molecule has 1 aromatic carbocycles.